The van der Waals surface area contributed by atoms with Crippen molar-refractivity contribution in [2.45, 2.75) is 26.4 Å². The number of benzene rings is 1. The number of aromatic hydroxyl groups is 1. The lowest BCUT2D eigenvalue weighted by molar-refractivity contribution is 0.272. The van der Waals surface area contributed by atoms with Gasteiger partial charge in [-0.2, -0.15) is 0 Å². The fourth-order valence-electron chi connectivity index (χ4n) is 1.81. The zero-order chi connectivity index (χ0) is 12.4. The molecule has 4 heteroatoms. The molecule has 1 aromatic heterocycles. The molecule has 0 radical (unpaired) electrons. The van der Waals surface area contributed by atoms with E-state index in [1.807, 2.05) is 26.0 Å². The summed E-state index contributed by atoms with van der Waals surface area (Å²) in [5.74, 6) is 0.967. The van der Waals surface area contributed by atoms with Crippen LogP contribution in [0.5, 0.6) is 5.75 Å². The van der Waals surface area contributed by atoms with E-state index in [9.17, 15) is 5.11 Å². The van der Waals surface area contributed by atoms with Gasteiger partial charge in [0.1, 0.15) is 18.2 Å². The molecule has 0 saturated heterocycles. The fraction of sp³-hybridized carbons (Fsp3) is 0.308. The molecular weight excluding hydrogens is 216 g/mol. The number of rotatable bonds is 3. The van der Waals surface area contributed by atoms with Crippen LogP contribution in [0.4, 0.5) is 0 Å². The lowest BCUT2D eigenvalue weighted by Gasteiger charge is -2.07. The van der Waals surface area contributed by atoms with Gasteiger partial charge >= 0.3 is 0 Å². The van der Waals surface area contributed by atoms with Crippen LogP contribution in [0, 0.1) is 0 Å². The normalized spacial score (nSPS) is 11.1. The Labute approximate surface area is 100.0 Å². The van der Waals surface area contributed by atoms with Crippen LogP contribution in [0.15, 0.2) is 24.3 Å². The molecule has 0 atom stereocenters. The molecule has 4 nitrogen and oxygen atoms in total. The molecule has 1 aromatic carbocycles. The molecule has 17 heavy (non-hydrogen) atoms. The number of phenols is 1. The van der Waals surface area contributed by atoms with Gasteiger partial charge in [-0.3, -0.25) is 0 Å². The summed E-state index contributed by atoms with van der Waals surface area (Å²) in [4.78, 5) is 7.40. The number of hydrogen-bond donors (Lipinski definition) is 3. The van der Waals surface area contributed by atoms with Crippen LogP contribution >= 0.6 is 0 Å². The summed E-state index contributed by atoms with van der Waals surface area (Å²) in [6, 6.07) is 7.07. The molecule has 2 aromatic rings. The molecular formula is C13H16N2O2. The minimum absolute atomic E-state index is 0.132. The first kappa shape index (κ1) is 11.7. The Morgan fingerprint density at radius 2 is 2.00 bits per heavy atom. The Morgan fingerprint density at radius 1 is 1.29 bits per heavy atom. The van der Waals surface area contributed by atoms with Gasteiger partial charge < -0.3 is 15.2 Å². The number of nitrogens with zero attached hydrogens (tertiary/aromatic N) is 1. The van der Waals surface area contributed by atoms with E-state index in [2.05, 4.69) is 9.97 Å². The smallest absolute Gasteiger partial charge is 0.132 e. The zero-order valence-electron chi connectivity index (χ0n) is 9.94. The summed E-state index contributed by atoms with van der Waals surface area (Å²) in [6.07, 6.45) is 0. The van der Waals surface area contributed by atoms with Gasteiger partial charge in [-0.05, 0) is 18.1 Å². The van der Waals surface area contributed by atoms with Gasteiger partial charge in [-0.1, -0.05) is 26.0 Å². The monoisotopic (exact) mass is 232 g/mol. The second-order valence-electron chi connectivity index (χ2n) is 4.28. The van der Waals surface area contributed by atoms with Gasteiger partial charge in [0.2, 0.25) is 0 Å². The topological polar surface area (TPSA) is 69.1 Å². The first-order chi connectivity index (χ1) is 8.13. The first-order valence-corrected chi connectivity index (χ1v) is 5.61. The number of H-pyrrole nitrogens is 1. The van der Waals surface area contributed by atoms with Gasteiger partial charge in [0.15, 0.2) is 0 Å². The van der Waals surface area contributed by atoms with E-state index in [0.29, 0.717) is 17.1 Å². The van der Waals surface area contributed by atoms with Crippen molar-refractivity contribution in [2.24, 2.45) is 0 Å². The van der Waals surface area contributed by atoms with E-state index in [-0.39, 0.29) is 18.3 Å². The quantitative estimate of drug-likeness (QED) is 0.761. The molecule has 0 unspecified atom stereocenters. The van der Waals surface area contributed by atoms with Crippen molar-refractivity contribution in [2.75, 3.05) is 0 Å². The highest BCUT2D eigenvalue weighted by Crippen LogP contribution is 2.32. The first-order valence-electron chi connectivity index (χ1n) is 5.61. The van der Waals surface area contributed by atoms with Crippen LogP contribution in [-0.4, -0.2) is 20.2 Å². The SMILES string of the molecule is CC(C)c1[nH]c(CO)nc1-c1ccccc1O. The molecule has 0 aliphatic rings. The summed E-state index contributed by atoms with van der Waals surface area (Å²) in [7, 11) is 0. The van der Waals surface area contributed by atoms with Crippen LogP contribution < -0.4 is 0 Å². The molecule has 0 saturated carbocycles. The molecule has 0 bridgehead atoms. The maximum absolute atomic E-state index is 9.84. The summed E-state index contributed by atoms with van der Waals surface area (Å²) in [5.41, 5.74) is 2.32. The molecule has 0 amide bonds. The van der Waals surface area contributed by atoms with Crippen LogP contribution in [0.1, 0.15) is 31.3 Å². The molecule has 2 rings (SSSR count). The molecule has 90 valence electrons. The average Bonchev–Trinajstić information content (AvgIpc) is 2.73. The summed E-state index contributed by atoms with van der Waals surface area (Å²) < 4.78 is 0. The van der Waals surface area contributed by atoms with E-state index in [1.54, 1.807) is 12.1 Å². The van der Waals surface area contributed by atoms with Crippen LogP contribution in [-0.2, 0) is 6.61 Å². The Morgan fingerprint density at radius 3 is 2.59 bits per heavy atom. The number of imidazole rings is 1. The minimum atomic E-state index is -0.132. The standard InChI is InChI=1S/C13H16N2O2/c1-8(2)12-13(15-11(7-16)14-12)9-5-3-4-6-10(9)17/h3-6,8,16-17H,7H2,1-2H3,(H,14,15). The number of hydrogen-bond acceptors (Lipinski definition) is 3. The third-order valence-corrected chi connectivity index (χ3v) is 2.67. The summed E-state index contributed by atoms with van der Waals surface area (Å²) in [5, 5.41) is 19.0. The maximum atomic E-state index is 9.84. The number of para-hydroxylation sites is 1. The third kappa shape index (κ3) is 2.17. The van der Waals surface area contributed by atoms with Crippen molar-refractivity contribution < 1.29 is 10.2 Å². The van der Waals surface area contributed by atoms with Gasteiger partial charge in [0, 0.05) is 11.3 Å². The van der Waals surface area contributed by atoms with Crippen molar-refractivity contribution >= 4 is 0 Å². The highest BCUT2D eigenvalue weighted by molar-refractivity contribution is 5.69. The Balaban J connectivity index is 2.58. The van der Waals surface area contributed by atoms with Gasteiger partial charge in [-0.15, -0.1) is 0 Å². The van der Waals surface area contributed by atoms with Crippen molar-refractivity contribution in [3.8, 4) is 17.0 Å². The zero-order valence-corrected chi connectivity index (χ0v) is 9.94. The molecule has 0 spiro atoms. The summed E-state index contributed by atoms with van der Waals surface area (Å²) >= 11 is 0. The second-order valence-corrected chi connectivity index (χ2v) is 4.28. The molecule has 3 N–H and O–H groups in total. The van der Waals surface area contributed by atoms with Crippen LogP contribution in [0.25, 0.3) is 11.3 Å². The number of aliphatic hydroxyl groups excluding tert-OH is 1. The highest BCUT2D eigenvalue weighted by atomic mass is 16.3. The van der Waals surface area contributed by atoms with E-state index in [0.717, 1.165) is 5.69 Å². The average molecular weight is 232 g/mol. The number of nitrogens with one attached hydrogen (secondary N) is 1. The number of aromatic amines is 1. The van der Waals surface area contributed by atoms with Crippen molar-refractivity contribution in [3.05, 3.63) is 35.8 Å². The minimum Gasteiger partial charge on any atom is -0.507 e. The lowest BCUT2D eigenvalue weighted by Crippen LogP contribution is -1.91. The number of aromatic nitrogens is 2. The molecule has 0 aliphatic heterocycles. The van der Waals surface area contributed by atoms with E-state index in [4.69, 9.17) is 5.11 Å². The van der Waals surface area contributed by atoms with Crippen molar-refractivity contribution in [3.63, 3.8) is 0 Å². The molecule has 0 aliphatic carbocycles. The van der Waals surface area contributed by atoms with Crippen LogP contribution in [0.2, 0.25) is 0 Å². The predicted molar refractivity (Wildman–Crippen MR) is 65.7 cm³/mol. The number of phenolic OH excluding ortho intramolecular Hbond substituents is 1. The van der Waals surface area contributed by atoms with E-state index >= 15 is 0 Å². The van der Waals surface area contributed by atoms with Crippen molar-refractivity contribution in [1.29, 1.82) is 0 Å². The van der Waals surface area contributed by atoms with Gasteiger partial charge in [0.25, 0.3) is 0 Å². The third-order valence-electron chi connectivity index (χ3n) is 2.67. The van der Waals surface area contributed by atoms with Gasteiger partial charge in [0.05, 0.1) is 5.69 Å². The largest absolute Gasteiger partial charge is 0.507 e. The fourth-order valence-corrected chi connectivity index (χ4v) is 1.81. The van der Waals surface area contributed by atoms with Crippen LogP contribution in [0.3, 0.4) is 0 Å². The molecule has 1 heterocycles. The molecule has 0 fully saturated rings. The Hall–Kier alpha value is -1.81. The Bertz CT molecular complexity index is 518. The number of aliphatic hydroxyl groups is 1. The van der Waals surface area contributed by atoms with E-state index in [1.165, 1.54) is 0 Å². The predicted octanol–water partition coefficient (Wildman–Crippen LogP) is 2.40. The maximum Gasteiger partial charge on any atom is 0.132 e. The Kier molecular flexibility index (Phi) is 3.15. The summed E-state index contributed by atoms with van der Waals surface area (Å²) in [6.45, 7) is 3.95. The van der Waals surface area contributed by atoms with E-state index < -0.39 is 0 Å². The van der Waals surface area contributed by atoms with Crippen molar-refractivity contribution in [1.82, 2.24) is 9.97 Å². The highest BCUT2D eigenvalue weighted by Gasteiger charge is 2.16. The second kappa shape index (κ2) is 4.59. The van der Waals surface area contributed by atoms with Gasteiger partial charge in [-0.25, -0.2) is 4.98 Å². The lowest BCUT2D eigenvalue weighted by atomic mass is 10.0.